The van der Waals surface area contributed by atoms with E-state index in [0.29, 0.717) is 24.9 Å². The van der Waals surface area contributed by atoms with Crippen molar-refractivity contribution >= 4 is 29.4 Å². The summed E-state index contributed by atoms with van der Waals surface area (Å²) < 4.78 is 10.7. The number of rotatable bonds is 9. The fourth-order valence-corrected chi connectivity index (χ4v) is 3.54. The van der Waals surface area contributed by atoms with Crippen LogP contribution in [0, 0.1) is 0 Å². The van der Waals surface area contributed by atoms with Gasteiger partial charge in [0.15, 0.2) is 6.04 Å². The molecule has 0 aromatic heterocycles. The van der Waals surface area contributed by atoms with Crippen LogP contribution >= 0.6 is 0 Å². The van der Waals surface area contributed by atoms with Gasteiger partial charge >= 0.3 is 5.97 Å². The molecule has 2 amide bonds. The molecule has 9 heteroatoms. The Morgan fingerprint density at radius 3 is 2.62 bits per heavy atom. The summed E-state index contributed by atoms with van der Waals surface area (Å²) in [7, 11) is 0. The molecule has 2 aliphatic heterocycles. The van der Waals surface area contributed by atoms with E-state index < -0.39 is 17.9 Å². The van der Waals surface area contributed by atoms with E-state index in [-0.39, 0.29) is 12.0 Å². The number of aliphatic imine (C=N–C) groups is 1. The van der Waals surface area contributed by atoms with E-state index in [1.54, 1.807) is 4.90 Å². The molecule has 1 aromatic rings. The minimum atomic E-state index is -1.06. The van der Waals surface area contributed by atoms with Crippen molar-refractivity contribution in [3.63, 3.8) is 0 Å². The zero-order valence-electron chi connectivity index (χ0n) is 16.6. The molecule has 2 atom stereocenters. The third-order valence-electron chi connectivity index (χ3n) is 4.98. The van der Waals surface area contributed by atoms with Crippen LogP contribution in [0.5, 0.6) is 5.75 Å². The van der Waals surface area contributed by atoms with Crippen LogP contribution in [0.2, 0.25) is 0 Å². The minimum absolute atomic E-state index is 0.248. The third-order valence-corrected chi connectivity index (χ3v) is 4.98. The summed E-state index contributed by atoms with van der Waals surface area (Å²) in [6.07, 6.45) is 3.70. The van der Waals surface area contributed by atoms with Crippen LogP contribution < -0.4 is 15.8 Å². The summed E-state index contributed by atoms with van der Waals surface area (Å²) in [5.74, 6) is -0.350. The first kappa shape index (κ1) is 20.6. The first-order chi connectivity index (χ1) is 13.9. The summed E-state index contributed by atoms with van der Waals surface area (Å²) in [4.78, 5) is 40.5. The van der Waals surface area contributed by atoms with Gasteiger partial charge in [-0.25, -0.2) is 4.99 Å². The monoisotopic (exact) mass is 402 g/mol. The molecule has 2 heterocycles. The number of nitrogens with two attached hydrogens (primary N) is 1. The van der Waals surface area contributed by atoms with Gasteiger partial charge in [0, 0.05) is 12.5 Å². The van der Waals surface area contributed by atoms with Crippen LogP contribution in [0.3, 0.4) is 0 Å². The van der Waals surface area contributed by atoms with Crippen LogP contribution in [0.25, 0.3) is 0 Å². The number of carbonyl (C=O) groups excluding carboxylic acids is 3. The highest BCUT2D eigenvalue weighted by molar-refractivity contribution is 6.17. The second kappa shape index (κ2) is 8.93. The number of carbonyl (C=O) groups is 3. The number of ether oxygens (including phenoxy) is 2. The number of primary amides is 1. The number of nitrogens with zero attached hydrogens (tertiary/aromatic N) is 2. The lowest BCUT2D eigenvalue weighted by atomic mass is 10.0. The van der Waals surface area contributed by atoms with Crippen molar-refractivity contribution in [2.75, 3.05) is 13.2 Å². The Balaban J connectivity index is 1.55. The first-order valence-electron chi connectivity index (χ1n) is 9.76. The van der Waals surface area contributed by atoms with Gasteiger partial charge < -0.3 is 20.1 Å². The Kier molecular flexibility index (Phi) is 6.36. The summed E-state index contributed by atoms with van der Waals surface area (Å²) in [6, 6.07) is 4.26. The lowest BCUT2D eigenvalue weighted by Gasteiger charge is -2.33. The summed E-state index contributed by atoms with van der Waals surface area (Å²) >= 11 is 0. The smallest absolute Gasteiger partial charge is 0.302 e. The van der Waals surface area contributed by atoms with Gasteiger partial charge in [-0.3, -0.25) is 19.7 Å². The second-order valence-corrected chi connectivity index (χ2v) is 7.14. The van der Waals surface area contributed by atoms with Gasteiger partial charge in [0.05, 0.1) is 24.9 Å². The highest BCUT2D eigenvalue weighted by atomic mass is 16.5. The number of amides is 2. The third kappa shape index (κ3) is 4.67. The van der Waals surface area contributed by atoms with Gasteiger partial charge in [-0.1, -0.05) is 0 Å². The highest BCUT2D eigenvalue weighted by Crippen LogP contribution is 2.39. The largest absolute Gasteiger partial charge is 0.494 e. The number of benzene rings is 1. The van der Waals surface area contributed by atoms with Crippen LogP contribution in [-0.2, 0) is 19.1 Å². The summed E-state index contributed by atoms with van der Waals surface area (Å²) in [6.45, 7) is 4.34. The molecule has 0 bridgehead atoms. The number of hydrogen-bond donors (Lipinski definition) is 2. The Labute approximate surface area is 169 Å². The molecular weight excluding hydrogens is 376 g/mol. The summed E-state index contributed by atoms with van der Waals surface area (Å²) in [5.41, 5.74) is 7.00. The number of esters is 1. The molecule has 0 saturated carbocycles. The maximum absolute atomic E-state index is 12.1. The van der Waals surface area contributed by atoms with Crippen molar-refractivity contribution in [3.8, 4) is 5.75 Å². The fourth-order valence-electron chi connectivity index (χ4n) is 3.54. The van der Waals surface area contributed by atoms with Crippen LogP contribution in [0.15, 0.2) is 23.2 Å². The van der Waals surface area contributed by atoms with Crippen molar-refractivity contribution in [1.29, 1.82) is 0 Å². The minimum Gasteiger partial charge on any atom is -0.494 e. The van der Waals surface area contributed by atoms with E-state index >= 15 is 0 Å². The maximum atomic E-state index is 12.1. The van der Waals surface area contributed by atoms with Crippen LogP contribution in [-0.4, -0.2) is 47.9 Å². The zero-order chi connectivity index (χ0) is 21.0. The quantitative estimate of drug-likeness (QED) is 0.367. The number of nitrogens with one attached hydrogen (secondary N) is 1. The molecule has 2 aliphatic rings. The van der Waals surface area contributed by atoms with Gasteiger partial charge in [0.25, 0.3) is 5.91 Å². The van der Waals surface area contributed by atoms with Gasteiger partial charge in [-0.15, -0.1) is 0 Å². The Morgan fingerprint density at radius 1 is 1.21 bits per heavy atom. The molecule has 1 saturated heterocycles. The second-order valence-electron chi connectivity index (χ2n) is 7.14. The molecule has 0 spiro atoms. The average Bonchev–Trinajstić information content (AvgIpc) is 3.00. The topological polar surface area (TPSA) is 123 Å². The van der Waals surface area contributed by atoms with Gasteiger partial charge in [0.1, 0.15) is 5.75 Å². The molecule has 2 unspecified atom stereocenters. The first-order valence-corrected chi connectivity index (χ1v) is 9.76. The predicted octanol–water partition coefficient (Wildman–Crippen LogP) is 1.54. The molecule has 1 aromatic carbocycles. The normalized spacial score (nSPS) is 19.7. The van der Waals surface area contributed by atoms with E-state index in [4.69, 9.17) is 15.2 Å². The molecule has 0 radical (unpaired) electrons. The van der Waals surface area contributed by atoms with E-state index in [0.717, 1.165) is 36.9 Å². The van der Waals surface area contributed by atoms with Crippen LogP contribution in [0.1, 0.15) is 51.1 Å². The highest BCUT2D eigenvalue weighted by Gasteiger charge is 2.45. The van der Waals surface area contributed by atoms with E-state index in [1.807, 2.05) is 25.1 Å². The SMILES string of the molecule is CC(=O)OCCCCCCOc1ccc2c(c1)C(C)N1C(=N2)NC(=O)C1C(N)=O. The van der Waals surface area contributed by atoms with E-state index in [1.165, 1.54) is 6.92 Å². The molecule has 3 N–H and O–H groups in total. The van der Waals surface area contributed by atoms with E-state index in [2.05, 4.69) is 10.3 Å². The van der Waals surface area contributed by atoms with Crippen LogP contribution in [0.4, 0.5) is 5.69 Å². The Bertz CT molecular complexity index is 838. The van der Waals surface area contributed by atoms with Gasteiger partial charge in [0.2, 0.25) is 11.9 Å². The lowest BCUT2D eigenvalue weighted by Crippen LogP contribution is -2.47. The molecule has 29 heavy (non-hydrogen) atoms. The van der Waals surface area contributed by atoms with Crippen molar-refractivity contribution in [1.82, 2.24) is 10.2 Å². The number of fused-ring (bicyclic) bond motifs is 2. The lowest BCUT2D eigenvalue weighted by molar-refractivity contribution is -0.141. The predicted molar refractivity (Wildman–Crippen MR) is 106 cm³/mol. The van der Waals surface area contributed by atoms with Gasteiger partial charge in [-0.2, -0.15) is 0 Å². The number of unbranched alkanes of at least 4 members (excludes halogenated alkanes) is 3. The Hall–Kier alpha value is -3.10. The molecule has 3 rings (SSSR count). The molecule has 1 fully saturated rings. The fraction of sp³-hybridized carbons (Fsp3) is 0.500. The van der Waals surface area contributed by atoms with Gasteiger partial charge in [-0.05, 0) is 50.8 Å². The van der Waals surface area contributed by atoms with Crippen molar-refractivity contribution < 1.29 is 23.9 Å². The van der Waals surface area contributed by atoms with Crippen molar-refractivity contribution in [2.45, 2.75) is 51.6 Å². The van der Waals surface area contributed by atoms with Crippen molar-refractivity contribution in [2.24, 2.45) is 10.7 Å². The average molecular weight is 402 g/mol. The molecule has 156 valence electrons. The maximum Gasteiger partial charge on any atom is 0.302 e. The molecule has 0 aliphatic carbocycles. The molecular formula is C20H26N4O5. The zero-order valence-corrected chi connectivity index (χ0v) is 16.6. The summed E-state index contributed by atoms with van der Waals surface area (Å²) in [5, 5.41) is 2.62. The molecule has 9 nitrogen and oxygen atoms in total. The number of guanidine groups is 1. The Morgan fingerprint density at radius 2 is 1.93 bits per heavy atom. The van der Waals surface area contributed by atoms with Crippen molar-refractivity contribution in [3.05, 3.63) is 23.8 Å². The number of hydrogen-bond acceptors (Lipinski definition) is 7. The van der Waals surface area contributed by atoms with E-state index in [9.17, 15) is 14.4 Å². The standard InChI is InChI=1S/C20H26N4O5/c1-12-15-11-14(29-10-6-4-3-5-9-28-13(2)25)7-8-16(15)22-20-23-19(27)17(18(21)26)24(12)20/h7-8,11-12,17H,3-6,9-10H2,1-2H3,(H2,21,26)(H,22,23,27).